The molecular formula is C16H15FN2O. The van der Waals surface area contributed by atoms with Crippen LogP contribution in [0, 0.1) is 24.1 Å². The van der Waals surface area contributed by atoms with Crippen molar-refractivity contribution in [3.8, 4) is 11.8 Å². The molecule has 0 aromatic heterocycles. The number of aryl methyl sites for hydroxylation is 1. The molecule has 102 valence electrons. The molecule has 0 aliphatic heterocycles. The Morgan fingerprint density at radius 1 is 1.25 bits per heavy atom. The van der Waals surface area contributed by atoms with Crippen LogP contribution in [0.15, 0.2) is 36.4 Å². The van der Waals surface area contributed by atoms with Crippen LogP contribution in [0.5, 0.6) is 5.75 Å². The van der Waals surface area contributed by atoms with E-state index in [1.54, 1.807) is 18.2 Å². The summed E-state index contributed by atoms with van der Waals surface area (Å²) >= 11 is 0. The van der Waals surface area contributed by atoms with Crippen molar-refractivity contribution in [2.24, 2.45) is 0 Å². The highest BCUT2D eigenvalue weighted by atomic mass is 19.1. The summed E-state index contributed by atoms with van der Waals surface area (Å²) in [6.07, 6.45) is 0. The predicted octanol–water partition coefficient (Wildman–Crippen LogP) is 3.63. The summed E-state index contributed by atoms with van der Waals surface area (Å²) in [5, 5.41) is 11.9. The van der Waals surface area contributed by atoms with Gasteiger partial charge in [-0.25, -0.2) is 4.39 Å². The minimum atomic E-state index is -0.273. The lowest BCUT2D eigenvalue weighted by Crippen LogP contribution is -2.02. The number of nitrogens with one attached hydrogen (secondary N) is 1. The second kappa shape index (κ2) is 6.07. The Kier molecular flexibility index (Phi) is 4.21. The van der Waals surface area contributed by atoms with Gasteiger partial charge in [0.25, 0.3) is 0 Å². The van der Waals surface area contributed by atoms with E-state index in [0.717, 1.165) is 11.1 Å². The molecular weight excluding hydrogens is 255 g/mol. The van der Waals surface area contributed by atoms with Crippen LogP contribution < -0.4 is 10.1 Å². The first-order valence-corrected chi connectivity index (χ1v) is 6.21. The van der Waals surface area contributed by atoms with Crippen molar-refractivity contribution in [2.45, 2.75) is 13.5 Å². The summed E-state index contributed by atoms with van der Waals surface area (Å²) in [4.78, 5) is 0. The van der Waals surface area contributed by atoms with Crippen molar-refractivity contribution in [1.29, 1.82) is 5.26 Å². The molecule has 2 aromatic rings. The zero-order valence-corrected chi connectivity index (χ0v) is 11.4. The zero-order valence-electron chi connectivity index (χ0n) is 11.4. The van der Waals surface area contributed by atoms with Crippen LogP contribution in [0.4, 0.5) is 10.1 Å². The Bertz CT molecular complexity index is 662. The summed E-state index contributed by atoms with van der Waals surface area (Å²) in [5.41, 5.74) is 2.74. The summed E-state index contributed by atoms with van der Waals surface area (Å²) in [7, 11) is 1.52. The van der Waals surface area contributed by atoms with Gasteiger partial charge in [0, 0.05) is 6.54 Å². The molecule has 0 saturated carbocycles. The lowest BCUT2D eigenvalue weighted by molar-refractivity contribution is 0.413. The van der Waals surface area contributed by atoms with Crippen LogP contribution in [0.2, 0.25) is 0 Å². The Hall–Kier alpha value is -2.54. The predicted molar refractivity (Wildman–Crippen MR) is 76.2 cm³/mol. The summed E-state index contributed by atoms with van der Waals surface area (Å²) in [6.45, 7) is 2.31. The smallest absolute Gasteiger partial charge is 0.146 e. The number of benzene rings is 2. The molecule has 0 atom stereocenters. The zero-order chi connectivity index (χ0) is 14.5. The highest BCUT2D eigenvalue weighted by Crippen LogP contribution is 2.21. The number of nitriles is 1. The molecule has 20 heavy (non-hydrogen) atoms. The highest BCUT2D eigenvalue weighted by Gasteiger charge is 2.05. The number of rotatable bonds is 4. The number of halogens is 1. The summed E-state index contributed by atoms with van der Waals surface area (Å²) < 4.78 is 18.8. The Balaban J connectivity index is 2.13. The molecule has 3 nitrogen and oxygen atoms in total. The van der Waals surface area contributed by atoms with Gasteiger partial charge in [0.2, 0.25) is 0 Å². The van der Waals surface area contributed by atoms with Crippen molar-refractivity contribution < 1.29 is 9.13 Å². The topological polar surface area (TPSA) is 45.0 Å². The first-order chi connectivity index (χ1) is 9.63. The molecule has 0 fully saturated rings. The first-order valence-electron chi connectivity index (χ1n) is 6.21. The Labute approximate surface area is 117 Å². The van der Waals surface area contributed by atoms with Crippen molar-refractivity contribution in [3.63, 3.8) is 0 Å². The van der Waals surface area contributed by atoms with Crippen LogP contribution in [-0.4, -0.2) is 7.11 Å². The van der Waals surface area contributed by atoms with E-state index in [-0.39, 0.29) is 5.82 Å². The van der Waals surface area contributed by atoms with E-state index in [1.165, 1.54) is 13.2 Å². The molecule has 0 radical (unpaired) electrons. The maximum Gasteiger partial charge on any atom is 0.146 e. The molecule has 1 N–H and O–H groups in total. The number of nitrogens with zero attached hydrogens (tertiary/aromatic N) is 1. The minimum absolute atomic E-state index is 0.273. The molecule has 0 aliphatic carbocycles. The minimum Gasteiger partial charge on any atom is -0.495 e. The first kappa shape index (κ1) is 13.9. The number of hydrogen-bond donors (Lipinski definition) is 1. The number of hydrogen-bond acceptors (Lipinski definition) is 3. The van der Waals surface area contributed by atoms with Gasteiger partial charge in [-0.3, -0.25) is 0 Å². The van der Waals surface area contributed by atoms with Gasteiger partial charge in [-0.1, -0.05) is 12.1 Å². The van der Waals surface area contributed by atoms with Crippen molar-refractivity contribution in [3.05, 3.63) is 58.9 Å². The maximum atomic E-state index is 13.7. The normalized spacial score (nSPS) is 9.90. The second-order valence-electron chi connectivity index (χ2n) is 4.48. The highest BCUT2D eigenvalue weighted by molar-refractivity contribution is 5.49. The maximum absolute atomic E-state index is 13.7. The second-order valence-corrected chi connectivity index (χ2v) is 4.48. The van der Waals surface area contributed by atoms with Gasteiger partial charge in [-0.15, -0.1) is 0 Å². The van der Waals surface area contributed by atoms with E-state index in [9.17, 15) is 4.39 Å². The fraction of sp³-hybridized carbons (Fsp3) is 0.188. The van der Waals surface area contributed by atoms with Crippen LogP contribution >= 0.6 is 0 Å². The average Bonchev–Trinajstić information content (AvgIpc) is 2.46. The lowest BCUT2D eigenvalue weighted by atomic mass is 10.1. The summed E-state index contributed by atoms with van der Waals surface area (Å²) in [6, 6.07) is 12.4. The SMILES string of the molecule is COc1cc(CNc2ccc(C)cc2F)ccc1C#N. The monoisotopic (exact) mass is 270 g/mol. The van der Waals surface area contributed by atoms with Crippen LogP contribution in [-0.2, 0) is 6.54 Å². The van der Waals surface area contributed by atoms with Gasteiger partial charge in [0.1, 0.15) is 17.6 Å². The van der Waals surface area contributed by atoms with Crippen LogP contribution in [0.3, 0.4) is 0 Å². The summed E-state index contributed by atoms with van der Waals surface area (Å²) in [5.74, 6) is 0.252. The van der Waals surface area contributed by atoms with E-state index >= 15 is 0 Å². The van der Waals surface area contributed by atoms with Crippen molar-refractivity contribution >= 4 is 5.69 Å². The van der Waals surface area contributed by atoms with Gasteiger partial charge in [-0.2, -0.15) is 5.26 Å². The van der Waals surface area contributed by atoms with Gasteiger partial charge in [-0.05, 0) is 42.3 Å². The lowest BCUT2D eigenvalue weighted by Gasteiger charge is -2.10. The fourth-order valence-corrected chi connectivity index (χ4v) is 1.90. The van der Waals surface area contributed by atoms with E-state index < -0.39 is 0 Å². The van der Waals surface area contributed by atoms with Gasteiger partial charge in [0.05, 0.1) is 18.4 Å². The molecule has 2 rings (SSSR count). The van der Waals surface area contributed by atoms with E-state index in [4.69, 9.17) is 10.00 Å². The van der Waals surface area contributed by atoms with Crippen molar-refractivity contribution in [1.82, 2.24) is 0 Å². The van der Waals surface area contributed by atoms with Gasteiger partial charge >= 0.3 is 0 Å². The quantitative estimate of drug-likeness (QED) is 0.922. The molecule has 0 aliphatic rings. The molecule has 0 saturated heterocycles. The van der Waals surface area contributed by atoms with Gasteiger partial charge in [0.15, 0.2) is 0 Å². The molecule has 4 heteroatoms. The third-order valence-electron chi connectivity index (χ3n) is 2.99. The average molecular weight is 270 g/mol. The van der Waals surface area contributed by atoms with E-state index in [2.05, 4.69) is 11.4 Å². The number of methoxy groups -OCH3 is 1. The third kappa shape index (κ3) is 3.07. The van der Waals surface area contributed by atoms with E-state index in [1.807, 2.05) is 19.1 Å². The fourth-order valence-electron chi connectivity index (χ4n) is 1.90. The van der Waals surface area contributed by atoms with Crippen molar-refractivity contribution in [2.75, 3.05) is 12.4 Å². The molecule has 0 unspecified atom stereocenters. The molecule has 0 heterocycles. The number of ether oxygens (including phenoxy) is 1. The molecule has 0 bridgehead atoms. The van der Waals surface area contributed by atoms with E-state index in [0.29, 0.717) is 23.5 Å². The third-order valence-corrected chi connectivity index (χ3v) is 2.99. The van der Waals surface area contributed by atoms with Crippen LogP contribution in [0.25, 0.3) is 0 Å². The Morgan fingerprint density at radius 3 is 2.70 bits per heavy atom. The standard InChI is InChI=1S/C16H15FN2O/c1-11-3-6-15(14(17)7-11)19-10-12-4-5-13(9-18)16(8-12)20-2/h3-8,19H,10H2,1-2H3. The largest absolute Gasteiger partial charge is 0.495 e. The molecule has 0 spiro atoms. The molecule has 2 aromatic carbocycles. The van der Waals surface area contributed by atoms with Gasteiger partial charge < -0.3 is 10.1 Å². The van der Waals surface area contributed by atoms with Crippen LogP contribution in [0.1, 0.15) is 16.7 Å². The Morgan fingerprint density at radius 2 is 2.05 bits per heavy atom. The molecule has 0 amide bonds. The number of anilines is 1.